The van der Waals surface area contributed by atoms with E-state index in [1.54, 1.807) is 29.1 Å². The lowest BCUT2D eigenvalue weighted by atomic mass is 9.82. The first-order valence-corrected chi connectivity index (χ1v) is 21.7. The Morgan fingerprint density at radius 2 is 1.76 bits per heavy atom. The minimum atomic E-state index is -2.55. The van der Waals surface area contributed by atoms with Crippen molar-refractivity contribution in [3.8, 4) is 11.4 Å². The molecule has 5 atom stereocenters. The van der Waals surface area contributed by atoms with E-state index in [0.717, 1.165) is 22.1 Å². The molecule has 3 aliphatic rings. The van der Waals surface area contributed by atoms with Gasteiger partial charge in [0.05, 0.1) is 62.6 Å². The molecule has 4 aromatic carbocycles. The van der Waals surface area contributed by atoms with Gasteiger partial charge < -0.3 is 24.4 Å². The van der Waals surface area contributed by atoms with Crippen LogP contribution >= 0.6 is 0 Å². The summed E-state index contributed by atoms with van der Waals surface area (Å²) in [6.07, 6.45) is 1.70. The van der Waals surface area contributed by atoms with Gasteiger partial charge in [-0.3, -0.25) is 19.5 Å². The van der Waals surface area contributed by atoms with Crippen LogP contribution in [0, 0.1) is 5.92 Å². The van der Waals surface area contributed by atoms with Gasteiger partial charge in [-0.25, -0.2) is 4.68 Å². The van der Waals surface area contributed by atoms with E-state index in [0.29, 0.717) is 40.8 Å². The molecule has 5 aromatic rings. The zero-order valence-electron chi connectivity index (χ0n) is 31.1. The van der Waals surface area contributed by atoms with E-state index >= 15 is 4.79 Å². The third-order valence-corrected chi connectivity index (χ3v) is 16.6. The second-order valence-electron chi connectivity index (χ2n) is 15.4. The van der Waals surface area contributed by atoms with Gasteiger partial charge in [0.1, 0.15) is 5.75 Å². The third kappa shape index (κ3) is 5.47. The molecule has 1 aromatic heterocycles. The van der Waals surface area contributed by atoms with Crippen LogP contribution in [-0.2, 0) is 32.9 Å². The summed E-state index contributed by atoms with van der Waals surface area (Å²) in [4.78, 5) is 46.7. The lowest BCUT2D eigenvalue weighted by molar-refractivity contribution is -0.150. The van der Waals surface area contributed by atoms with Crippen LogP contribution in [0.15, 0.2) is 108 Å². The first kappa shape index (κ1) is 35.8. The highest BCUT2D eigenvalue weighted by atomic mass is 28.3. The zero-order chi connectivity index (χ0) is 37.9. The van der Waals surface area contributed by atoms with Crippen LogP contribution in [0.5, 0.6) is 5.75 Å². The molecule has 0 aliphatic carbocycles. The SMILES string of the molecule is C=CCN1C(=O)[C@]2(O[C@H](CC(=O)N3Cc4ccccc4C[C@H]3CO)[C@@H]([Si](C)(C)c3ccc(OC)cc3)[C@@H]2C)c2cc(-n3[nH]c4ccccc4c3=O)ccc21. The number of benzene rings is 4. The fraction of sp³-hybridized carbons (Fsp3) is 0.326. The van der Waals surface area contributed by atoms with Crippen molar-refractivity contribution in [3.63, 3.8) is 0 Å². The Morgan fingerprint density at radius 1 is 1.04 bits per heavy atom. The minimum absolute atomic E-state index is 0.0489. The predicted molar refractivity (Wildman–Crippen MR) is 212 cm³/mol. The van der Waals surface area contributed by atoms with Gasteiger partial charge in [-0.2, -0.15) is 0 Å². The number of hydrogen-bond acceptors (Lipinski definition) is 6. The van der Waals surface area contributed by atoms with Crippen molar-refractivity contribution in [3.05, 3.63) is 131 Å². The molecule has 2 amide bonds. The van der Waals surface area contributed by atoms with Gasteiger partial charge in [0, 0.05) is 24.6 Å². The number of aliphatic hydroxyl groups is 1. The Labute approximate surface area is 315 Å². The van der Waals surface area contributed by atoms with Crippen molar-refractivity contribution in [2.24, 2.45) is 5.92 Å². The van der Waals surface area contributed by atoms with Gasteiger partial charge >= 0.3 is 0 Å². The maximum Gasteiger partial charge on any atom is 0.279 e. The lowest BCUT2D eigenvalue weighted by Gasteiger charge is -2.39. The maximum absolute atomic E-state index is 15.1. The molecule has 1 fully saturated rings. The van der Waals surface area contributed by atoms with Gasteiger partial charge in [0.25, 0.3) is 11.5 Å². The topological polar surface area (TPSA) is 117 Å². The highest BCUT2D eigenvalue weighted by Crippen LogP contribution is 2.60. The second kappa shape index (κ2) is 13.6. The van der Waals surface area contributed by atoms with E-state index in [2.05, 4.69) is 49.9 Å². The van der Waals surface area contributed by atoms with Crippen LogP contribution in [-0.4, -0.2) is 72.1 Å². The van der Waals surface area contributed by atoms with Crippen LogP contribution in [0.25, 0.3) is 16.6 Å². The van der Waals surface area contributed by atoms with Crippen molar-refractivity contribution < 1.29 is 24.2 Å². The standard InChI is InChI=1S/C43H46N4O6Si/c1-6-21-45-37-20-15-30(47-41(50)34-13-9-10-14-36(34)44-47)23-35(37)43(42(45)51)27(2)40(54(4,5)33-18-16-32(52-3)17-19-33)38(53-43)24-39(49)46-25-29-12-8-7-11-28(29)22-31(46)26-48/h6-20,23,27,31,38,40,44,48H,1,21-22,24-26H2,2-5H3/t27-,31-,38+,40-,43+/m0/s1. The molecule has 3 aliphatic heterocycles. The molecular formula is C43H46N4O6Si. The number of para-hydroxylation sites is 1. The molecule has 0 bridgehead atoms. The van der Waals surface area contributed by atoms with E-state index in [9.17, 15) is 14.7 Å². The molecule has 0 radical (unpaired) electrons. The van der Waals surface area contributed by atoms with Crippen LogP contribution in [0.3, 0.4) is 0 Å². The highest BCUT2D eigenvalue weighted by Gasteiger charge is 2.66. The van der Waals surface area contributed by atoms with Gasteiger partial charge in [-0.15, -0.1) is 6.58 Å². The Hall–Kier alpha value is -5.23. The van der Waals surface area contributed by atoms with E-state index in [1.165, 1.54) is 4.68 Å². The molecule has 4 heterocycles. The number of anilines is 1. The number of rotatable bonds is 9. The number of amides is 2. The van der Waals surface area contributed by atoms with E-state index < -0.39 is 19.8 Å². The number of ether oxygens (including phenoxy) is 2. The molecule has 2 N–H and O–H groups in total. The Kier molecular flexibility index (Phi) is 8.99. The van der Waals surface area contributed by atoms with Crippen molar-refractivity contribution in [1.29, 1.82) is 0 Å². The van der Waals surface area contributed by atoms with Gasteiger partial charge in [0.2, 0.25) is 5.91 Å². The number of H-pyrrole nitrogens is 1. The number of nitrogens with one attached hydrogen (secondary N) is 1. The number of fused-ring (bicyclic) bond motifs is 4. The molecule has 0 saturated carbocycles. The number of aromatic nitrogens is 2. The fourth-order valence-corrected chi connectivity index (χ4v) is 13.5. The van der Waals surface area contributed by atoms with Gasteiger partial charge in [-0.1, -0.05) is 79.8 Å². The normalized spacial score (nSPS) is 23.5. The molecular weight excluding hydrogens is 697 g/mol. The Bertz CT molecular complexity index is 2330. The van der Waals surface area contributed by atoms with E-state index in [1.807, 2.05) is 66.7 Å². The molecule has 278 valence electrons. The quantitative estimate of drug-likeness (QED) is 0.154. The van der Waals surface area contributed by atoms with E-state index in [4.69, 9.17) is 9.47 Å². The Balaban J connectivity index is 1.25. The summed E-state index contributed by atoms with van der Waals surface area (Å²) in [7, 11) is -0.910. The summed E-state index contributed by atoms with van der Waals surface area (Å²) in [5, 5.41) is 15.4. The first-order chi connectivity index (χ1) is 26.0. The van der Waals surface area contributed by atoms with Crippen molar-refractivity contribution >= 4 is 41.7 Å². The highest BCUT2D eigenvalue weighted by molar-refractivity contribution is 6.91. The number of aromatic amines is 1. The first-order valence-electron chi connectivity index (χ1n) is 18.6. The number of hydrogen-bond donors (Lipinski definition) is 2. The Morgan fingerprint density at radius 3 is 2.46 bits per heavy atom. The van der Waals surface area contributed by atoms with E-state index in [-0.39, 0.29) is 54.4 Å². The summed E-state index contributed by atoms with van der Waals surface area (Å²) >= 11 is 0. The van der Waals surface area contributed by atoms with Crippen LogP contribution < -0.4 is 20.4 Å². The van der Waals surface area contributed by atoms with Crippen LogP contribution in [0.2, 0.25) is 18.6 Å². The molecule has 0 unspecified atom stereocenters. The largest absolute Gasteiger partial charge is 0.497 e. The summed E-state index contributed by atoms with van der Waals surface area (Å²) in [5.41, 5.74) is 3.06. The average Bonchev–Trinajstić information content (AvgIpc) is 3.77. The van der Waals surface area contributed by atoms with Gasteiger partial charge in [0.15, 0.2) is 5.60 Å². The average molecular weight is 743 g/mol. The zero-order valence-corrected chi connectivity index (χ0v) is 32.1. The molecule has 54 heavy (non-hydrogen) atoms. The molecule has 1 saturated heterocycles. The summed E-state index contributed by atoms with van der Waals surface area (Å²) in [6, 6.07) is 28.8. The maximum atomic E-state index is 15.1. The number of carbonyl (C=O) groups is 2. The summed E-state index contributed by atoms with van der Waals surface area (Å²) in [5.74, 6) is 0.0770. The number of aliphatic hydroxyl groups excluding tert-OH is 1. The lowest BCUT2D eigenvalue weighted by Crippen LogP contribution is -2.52. The number of methoxy groups -OCH3 is 1. The van der Waals surface area contributed by atoms with Gasteiger partial charge in [-0.05, 0) is 65.6 Å². The molecule has 10 nitrogen and oxygen atoms in total. The monoisotopic (exact) mass is 742 g/mol. The second-order valence-corrected chi connectivity index (χ2v) is 20.1. The summed E-state index contributed by atoms with van der Waals surface area (Å²) < 4.78 is 14.3. The van der Waals surface area contributed by atoms with Crippen molar-refractivity contribution in [1.82, 2.24) is 14.7 Å². The molecule has 8 rings (SSSR count). The number of nitrogens with zero attached hydrogens (tertiary/aromatic N) is 3. The summed E-state index contributed by atoms with van der Waals surface area (Å²) in [6.45, 7) is 11.1. The number of carbonyl (C=O) groups excluding carboxylic acids is 2. The predicted octanol–water partition coefficient (Wildman–Crippen LogP) is 5.41. The molecule has 1 spiro atoms. The van der Waals surface area contributed by atoms with Crippen LogP contribution in [0.1, 0.15) is 30.0 Å². The fourth-order valence-electron chi connectivity index (χ4n) is 9.52. The van der Waals surface area contributed by atoms with Crippen LogP contribution in [0.4, 0.5) is 5.69 Å². The third-order valence-electron chi connectivity index (χ3n) is 12.2. The minimum Gasteiger partial charge on any atom is -0.497 e. The van der Waals surface area contributed by atoms with Crippen molar-refractivity contribution in [2.75, 3.05) is 25.2 Å². The molecule has 11 heteroatoms. The smallest absolute Gasteiger partial charge is 0.279 e. The van der Waals surface area contributed by atoms with Crippen molar-refractivity contribution in [2.45, 2.75) is 62.7 Å².